The molecule has 1 aliphatic rings. The minimum Gasteiger partial charge on any atom is -0.444 e. The molecule has 1 N–H and O–H groups in total. The van der Waals surface area contributed by atoms with Crippen LogP contribution in [-0.2, 0) is 6.54 Å². The van der Waals surface area contributed by atoms with Crippen molar-refractivity contribution in [1.82, 2.24) is 9.88 Å². The Balaban J connectivity index is 1.60. The molecule has 1 unspecified atom stereocenters. The second-order valence-electron chi connectivity index (χ2n) is 5.50. The first-order chi connectivity index (χ1) is 10.6. The first-order valence-corrected chi connectivity index (χ1v) is 8.98. The fraction of sp³-hybridized carbons (Fsp3) is 0.467. The van der Waals surface area contributed by atoms with Gasteiger partial charge in [-0.2, -0.15) is 0 Å². The van der Waals surface area contributed by atoms with Gasteiger partial charge in [-0.1, -0.05) is 6.42 Å². The molecule has 0 aliphatic carbocycles. The number of halogens is 1. The van der Waals surface area contributed by atoms with Crippen molar-refractivity contribution in [3.05, 3.63) is 33.6 Å². The van der Waals surface area contributed by atoms with E-state index in [1.165, 1.54) is 35.5 Å². The maximum atomic E-state index is 12.0. The molecule has 0 radical (unpaired) electrons. The van der Waals surface area contributed by atoms with Crippen LogP contribution in [0.3, 0.4) is 0 Å². The summed E-state index contributed by atoms with van der Waals surface area (Å²) in [7, 11) is 0. The molecule has 1 atom stereocenters. The summed E-state index contributed by atoms with van der Waals surface area (Å²) in [5.74, 6) is -0.00813. The van der Waals surface area contributed by atoms with Crippen molar-refractivity contribution in [2.45, 2.75) is 38.8 Å². The van der Waals surface area contributed by atoms with Crippen LogP contribution < -0.4 is 5.32 Å². The molecule has 1 fully saturated rings. The molecule has 2 aromatic heterocycles. The lowest BCUT2D eigenvalue weighted by atomic mass is 10.0. The van der Waals surface area contributed by atoms with Crippen LogP contribution in [0.1, 0.15) is 41.6 Å². The fourth-order valence-corrected chi connectivity index (χ4v) is 3.77. The van der Waals surface area contributed by atoms with Crippen LogP contribution in [0.2, 0.25) is 0 Å². The molecule has 22 heavy (non-hydrogen) atoms. The molecule has 0 aromatic carbocycles. The highest BCUT2D eigenvalue weighted by Crippen LogP contribution is 2.24. The van der Waals surface area contributed by atoms with E-state index in [0.29, 0.717) is 15.8 Å². The highest BCUT2D eigenvalue weighted by atomic mass is 79.9. The van der Waals surface area contributed by atoms with Crippen molar-refractivity contribution in [3.63, 3.8) is 0 Å². The second-order valence-corrected chi connectivity index (χ2v) is 7.40. The minimum absolute atomic E-state index is 0.272. The van der Waals surface area contributed by atoms with Gasteiger partial charge in [-0.05, 0) is 54.4 Å². The van der Waals surface area contributed by atoms with Gasteiger partial charge in [0.15, 0.2) is 15.6 Å². The normalized spacial score (nSPS) is 19.3. The Kier molecular flexibility index (Phi) is 4.95. The van der Waals surface area contributed by atoms with Crippen molar-refractivity contribution in [2.24, 2.45) is 0 Å². The molecular formula is C15H18BrN3O2S. The molecule has 1 aliphatic heterocycles. The van der Waals surface area contributed by atoms with Gasteiger partial charge >= 0.3 is 0 Å². The number of nitrogens with zero attached hydrogens (tertiary/aromatic N) is 2. The number of amides is 1. The quantitative estimate of drug-likeness (QED) is 0.862. The molecule has 0 bridgehead atoms. The summed E-state index contributed by atoms with van der Waals surface area (Å²) in [6.07, 6.45) is 5.69. The standard InChI is InChI=1S/C15H18BrN3O2S/c1-10-4-2-3-7-19(10)9-11-8-17-15(22-11)18-14(20)12-5-6-13(16)21-12/h5-6,8,10H,2-4,7,9H2,1H3,(H,17,18,20). The van der Waals surface area contributed by atoms with Crippen LogP contribution in [0, 0.1) is 0 Å². The first kappa shape index (κ1) is 15.7. The number of furan rings is 1. The van der Waals surface area contributed by atoms with Crippen LogP contribution >= 0.6 is 27.3 Å². The number of rotatable bonds is 4. The lowest BCUT2D eigenvalue weighted by Crippen LogP contribution is -2.36. The molecule has 118 valence electrons. The molecule has 0 spiro atoms. The number of aromatic nitrogens is 1. The molecule has 2 aromatic rings. The van der Waals surface area contributed by atoms with Gasteiger partial charge in [0, 0.05) is 23.7 Å². The van der Waals surface area contributed by atoms with Crippen molar-refractivity contribution in [2.75, 3.05) is 11.9 Å². The average Bonchev–Trinajstić information content (AvgIpc) is 3.11. The smallest absolute Gasteiger partial charge is 0.293 e. The predicted octanol–water partition coefficient (Wildman–Crippen LogP) is 4.13. The van der Waals surface area contributed by atoms with E-state index in [9.17, 15) is 4.79 Å². The Morgan fingerprint density at radius 2 is 2.41 bits per heavy atom. The Bertz CT molecular complexity index is 655. The largest absolute Gasteiger partial charge is 0.444 e. The summed E-state index contributed by atoms with van der Waals surface area (Å²) in [5, 5.41) is 3.38. The van der Waals surface area contributed by atoms with Gasteiger partial charge in [-0.25, -0.2) is 4.98 Å². The number of carbonyl (C=O) groups is 1. The second kappa shape index (κ2) is 6.93. The molecule has 1 amide bonds. The zero-order chi connectivity index (χ0) is 15.5. The molecule has 1 saturated heterocycles. The molecule has 5 nitrogen and oxygen atoms in total. The summed E-state index contributed by atoms with van der Waals surface area (Å²) in [4.78, 5) is 19.9. The van der Waals surface area contributed by atoms with Crippen LogP contribution in [-0.4, -0.2) is 28.4 Å². The number of carbonyl (C=O) groups excluding carboxylic acids is 1. The number of nitrogens with one attached hydrogen (secondary N) is 1. The molecule has 7 heteroatoms. The fourth-order valence-electron chi connectivity index (χ4n) is 2.63. The lowest BCUT2D eigenvalue weighted by molar-refractivity contribution is 0.0995. The summed E-state index contributed by atoms with van der Waals surface area (Å²) >= 11 is 4.71. The highest BCUT2D eigenvalue weighted by Gasteiger charge is 2.19. The number of thiazole rings is 1. The highest BCUT2D eigenvalue weighted by molar-refractivity contribution is 9.10. The summed E-state index contributed by atoms with van der Waals surface area (Å²) in [6, 6.07) is 3.94. The van der Waals surface area contributed by atoms with Crippen molar-refractivity contribution in [1.29, 1.82) is 0 Å². The molecule has 0 saturated carbocycles. The summed E-state index contributed by atoms with van der Waals surface area (Å²) < 4.78 is 5.77. The maximum Gasteiger partial charge on any atom is 0.293 e. The van der Waals surface area contributed by atoms with Crippen molar-refractivity contribution >= 4 is 38.3 Å². The lowest BCUT2D eigenvalue weighted by Gasteiger charge is -2.32. The average molecular weight is 384 g/mol. The first-order valence-electron chi connectivity index (χ1n) is 7.37. The topological polar surface area (TPSA) is 58.4 Å². The van der Waals surface area contributed by atoms with Gasteiger partial charge in [-0.3, -0.25) is 15.0 Å². The van der Waals surface area contributed by atoms with Gasteiger partial charge in [0.1, 0.15) is 0 Å². The summed E-state index contributed by atoms with van der Waals surface area (Å²) in [5.41, 5.74) is 0. The van der Waals surface area contributed by atoms with E-state index >= 15 is 0 Å². The predicted molar refractivity (Wildman–Crippen MR) is 90.2 cm³/mol. The Morgan fingerprint density at radius 1 is 1.55 bits per heavy atom. The van der Waals surface area contributed by atoms with E-state index in [1.54, 1.807) is 12.1 Å². The Labute approximate surface area is 141 Å². The van der Waals surface area contributed by atoms with Crippen molar-refractivity contribution in [3.8, 4) is 0 Å². The number of anilines is 1. The van der Waals surface area contributed by atoms with E-state index in [2.05, 4.69) is 38.1 Å². The van der Waals surface area contributed by atoms with Gasteiger partial charge in [0.05, 0.1) is 0 Å². The van der Waals surface area contributed by atoms with E-state index in [4.69, 9.17) is 4.42 Å². The van der Waals surface area contributed by atoms with E-state index in [1.807, 2.05) is 6.20 Å². The van der Waals surface area contributed by atoms with E-state index in [0.717, 1.165) is 13.1 Å². The van der Waals surface area contributed by atoms with Gasteiger partial charge < -0.3 is 4.42 Å². The third-order valence-electron chi connectivity index (χ3n) is 3.87. The van der Waals surface area contributed by atoms with E-state index < -0.39 is 0 Å². The van der Waals surface area contributed by atoms with Crippen molar-refractivity contribution < 1.29 is 9.21 Å². The molecular weight excluding hydrogens is 366 g/mol. The van der Waals surface area contributed by atoms with Crippen LogP contribution in [0.15, 0.2) is 27.4 Å². The maximum absolute atomic E-state index is 12.0. The van der Waals surface area contributed by atoms with Crippen LogP contribution in [0.4, 0.5) is 5.13 Å². The zero-order valence-corrected chi connectivity index (χ0v) is 14.7. The van der Waals surface area contributed by atoms with E-state index in [-0.39, 0.29) is 11.7 Å². The number of piperidine rings is 1. The SMILES string of the molecule is CC1CCCCN1Cc1cnc(NC(=O)c2ccc(Br)o2)s1. The third kappa shape index (κ3) is 3.77. The molecule has 3 rings (SSSR count). The zero-order valence-electron chi connectivity index (χ0n) is 12.3. The number of hydrogen-bond acceptors (Lipinski definition) is 5. The molecule has 3 heterocycles. The Morgan fingerprint density at radius 3 is 3.14 bits per heavy atom. The third-order valence-corrected chi connectivity index (χ3v) is 5.19. The summed E-state index contributed by atoms with van der Waals surface area (Å²) in [6.45, 7) is 4.32. The van der Waals surface area contributed by atoms with Crippen LogP contribution in [0.25, 0.3) is 0 Å². The van der Waals surface area contributed by atoms with Crippen LogP contribution in [0.5, 0.6) is 0 Å². The number of hydrogen-bond donors (Lipinski definition) is 1. The Hall–Kier alpha value is -1.18. The number of likely N-dealkylation sites (tertiary alicyclic amines) is 1. The van der Waals surface area contributed by atoms with Gasteiger partial charge in [-0.15, -0.1) is 11.3 Å². The minimum atomic E-state index is -0.280. The van der Waals surface area contributed by atoms with Gasteiger partial charge in [0.25, 0.3) is 5.91 Å². The van der Waals surface area contributed by atoms with Gasteiger partial charge in [0.2, 0.25) is 0 Å². The monoisotopic (exact) mass is 383 g/mol.